The van der Waals surface area contributed by atoms with Gasteiger partial charge < -0.3 is 0 Å². The molecule has 0 spiro atoms. The van der Waals surface area contributed by atoms with Crippen LogP contribution in [-0.4, -0.2) is 17.5 Å². The molecule has 0 aromatic rings. The predicted molar refractivity (Wildman–Crippen MR) is 59.0 cm³/mol. The molecule has 1 amide bonds. The summed E-state index contributed by atoms with van der Waals surface area (Å²) in [4.78, 5) is 22.0. The van der Waals surface area contributed by atoms with E-state index in [1.807, 2.05) is 0 Å². The number of carbonyl (C=O) groups is 1. The number of rotatable bonds is 7. The highest BCUT2D eigenvalue weighted by molar-refractivity contribution is 5.88. The number of amides is 1. The van der Waals surface area contributed by atoms with Gasteiger partial charge >= 0.3 is 0 Å². The highest BCUT2D eigenvalue weighted by Crippen LogP contribution is 2.41. The first-order chi connectivity index (χ1) is 7.20. The maximum absolute atomic E-state index is 11.8. The van der Waals surface area contributed by atoms with E-state index in [-0.39, 0.29) is 11.3 Å². The summed E-state index contributed by atoms with van der Waals surface area (Å²) in [5.74, 6) is -0.0561. The van der Waals surface area contributed by atoms with E-state index in [0.29, 0.717) is 6.54 Å². The minimum atomic E-state index is -0.250. The average Bonchev–Trinajstić information content (AvgIpc) is 2.27. The lowest BCUT2D eigenvalue weighted by molar-refractivity contribution is -0.162. The fourth-order valence-corrected chi connectivity index (χ4v) is 2.20. The van der Waals surface area contributed by atoms with Crippen LogP contribution in [-0.2, 0) is 4.79 Å². The smallest absolute Gasteiger partial charge is 0.253 e. The van der Waals surface area contributed by atoms with Gasteiger partial charge in [0.1, 0.15) is 0 Å². The molecule has 1 fully saturated rings. The van der Waals surface area contributed by atoms with Crippen LogP contribution in [0.3, 0.4) is 0 Å². The van der Waals surface area contributed by atoms with E-state index in [0.717, 1.165) is 43.5 Å². The average molecular weight is 212 g/mol. The van der Waals surface area contributed by atoms with Gasteiger partial charge in [-0.3, -0.25) is 4.79 Å². The van der Waals surface area contributed by atoms with Crippen molar-refractivity contribution >= 4 is 5.91 Å². The molecule has 0 aromatic carbocycles. The van der Waals surface area contributed by atoms with Gasteiger partial charge in [-0.25, -0.2) is 0 Å². The van der Waals surface area contributed by atoms with Gasteiger partial charge in [0, 0.05) is 0 Å². The first-order valence-electron chi connectivity index (χ1n) is 5.85. The lowest BCUT2D eigenvalue weighted by Crippen LogP contribution is -2.58. The van der Waals surface area contributed by atoms with Crippen LogP contribution in [0.5, 0.6) is 0 Å². The Balaban J connectivity index is 2.55. The van der Waals surface area contributed by atoms with E-state index in [2.05, 4.69) is 19.1 Å². The molecule has 0 aromatic heterocycles. The maximum atomic E-state index is 11.8. The van der Waals surface area contributed by atoms with Crippen LogP contribution < -0.4 is 0 Å². The number of β-lactam (4-membered cyclic amide) rings is 1. The van der Waals surface area contributed by atoms with Gasteiger partial charge in [-0.1, -0.05) is 39.5 Å². The zero-order chi connectivity index (χ0) is 11.3. The molecule has 1 saturated heterocycles. The van der Waals surface area contributed by atoms with E-state index < -0.39 is 0 Å². The van der Waals surface area contributed by atoms with Crippen molar-refractivity contribution < 1.29 is 4.79 Å². The Labute approximate surface area is 91.0 Å². The zero-order valence-electron chi connectivity index (χ0n) is 9.66. The second kappa shape index (κ2) is 5.24. The molecule has 1 aliphatic rings. The third-order valence-corrected chi connectivity index (χ3v) is 3.26. The molecule has 0 unspecified atom stereocenters. The standard InChI is InChI=1S/C11H20N2O2/c1-3-5-7-11(8-6-4-2)9-13(12-15)10(11)14/h3-9H2,1-2H3. The highest BCUT2D eigenvalue weighted by Gasteiger charge is 2.51. The molecule has 15 heavy (non-hydrogen) atoms. The Kier molecular flexibility index (Phi) is 4.24. The van der Waals surface area contributed by atoms with Gasteiger partial charge in [0.05, 0.1) is 17.2 Å². The maximum Gasteiger partial charge on any atom is 0.253 e. The Morgan fingerprint density at radius 3 is 2.13 bits per heavy atom. The molecule has 1 heterocycles. The highest BCUT2D eigenvalue weighted by atomic mass is 16.3. The number of hydrogen-bond acceptors (Lipinski definition) is 3. The summed E-state index contributed by atoms with van der Waals surface area (Å²) in [6.45, 7) is 4.77. The van der Waals surface area contributed by atoms with E-state index in [4.69, 9.17) is 0 Å². The molecule has 0 aliphatic carbocycles. The summed E-state index contributed by atoms with van der Waals surface area (Å²) in [6, 6.07) is 0. The van der Waals surface area contributed by atoms with Gasteiger partial charge in [-0.2, -0.15) is 5.01 Å². The Morgan fingerprint density at radius 1 is 1.27 bits per heavy atom. The first kappa shape index (κ1) is 12.1. The van der Waals surface area contributed by atoms with Crippen LogP contribution >= 0.6 is 0 Å². The van der Waals surface area contributed by atoms with Crippen LogP contribution in [0.2, 0.25) is 0 Å². The van der Waals surface area contributed by atoms with E-state index >= 15 is 0 Å². The minimum Gasteiger partial charge on any atom is -0.272 e. The van der Waals surface area contributed by atoms with Crippen LogP contribution in [0, 0.1) is 10.3 Å². The topological polar surface area (TPSA) is 49.7 Å². The van der Waals surface area contributed by atoms with Gasteiger partial charge in [-0.15, -0.1) is 4.91 Å². The summed E-state index contributed by atoms with van der Waals surface area (Å²) < 4.78 is 0. The number of unbranched alkanes of at least 4 members (excludes halogenated alkanes) is 2. The van der Waals surface area contributed by atoms with Crippen molar-refractivity contribution in [1.29, 1.82) is 0 Å². The van der Waals surface area contributed by atoms with Crippen molar-refractivity contribution in [2.24, 2.45) is 10.7 Å². The molecule has 1 rings (SSSR count). The normalized spacial score (nSPS) is 18.8. The molecule has 0 bridgehead atoms. The lowest BCUT2D eigenvalue weighted by atomic mass is 9.72. The SMILES string of the molecule is CCCCC1(CCCC)CN(N=O)C1=O. The molecule has 4 heteroatoms. The number of nitroso groups, excluding NO2 is 1. The van der Waals surface area contributed by atoms with Gasteiger partial charge in [-0.05, 0) is 12.8 Å². The van der Waals surface area contributed by atoms with E-state index in [1.54, 1.807) is 0 Å². The van der Waals surface area contributed by atoms with Crippen molar-refractivity contribution in [3.63, 3.8) is 0 Å². The van der Waals surface area contributed by atoms with E-state index in [9.17, 15) is 9.70 Å². The molecule has 0 radical (unpaired) electrons. The number of carbonyl (C=O) groups excluding carboxylic acids is 1. The molecule has 0 atom stereocenters. The molecule has 0 saturated carbocycles. The molecular weight excluding hydrogens is 192 g/mol. The second-order valence-electron chi connectivity index (χ2n) is 4.43. The molecule has 86 valence electrons. The molecule has 4 nitrogen and oxygen atoms in total. The summed E-state index contributed by atoms with van der Waals surface area (Å²) in [6.07, 6.45) is 6.12. The van der Waals surface area contributed by atoms with Crippen molar-refractivity contribution in [3.8, 4) is 0 Å². The fourth-order valence-electron chi connectivity index (χ4n) is 2.20. The second-order valence-corrected chi connectivity index (χ2v) is 4.43. The van der Waals surface area contributed by atoms with Gasteiger partial charge in [0.25, 0.3) is 5.91 Å². The van der Waals surface area contributed by atoms with Crippen molar-refractivity contribution in [3.05, 3.63) is 4.91 Å². The monoisotopic (exact) mass is 212 g/mol. The van der Waals surface area contributed by atoms with Crippen molar-refractivity contribution in [2.45, 2.75) is 52.4 Å². The third-order valence-electron chi connectivity index (χ3n) is 3.26. The predicted octanol–water partition coefficient (Wildman–Crippen LogP) is 2.88. The van der Waals surface area contributed by atoms with Gasteiger partial charge in [0.2, 0.25) is 0 Å². The Morgan fingerprint density at radius 2 is 1.80 bits per heavy atom. The lowest BCUT2D eigenvalue weighted by Gasteiger charge is -2.44. The summed E-state index contributed by atoms with van der Waals surface area (Å²) in [5, 5.41) is 3.78. The quantitative estimate of drug-likeness (QED) is 0.481. The Hall–Kier alpha value is -0.930. The summed E-state index contributed by atoms with van der Waals surface area (Å²) >= 11 is 0. The third kappa shape index (κ3) is 2.36. The van der Waals surface area contributed by atoms with Gasteiger partial charge in [0.15, 0.2) is 0 Å². The fraction of sp³-hybridized carbons (Fsp3) is 0.909. The van der Waals surface area contributed by atoms with Crippen molar-refractivity contribution in [2.75, 3.05) is 6.54 Å². The van der Waals surface area contributed by atoms with Crippen LogP contribution in [0.25, 0.3) is 0 Å². The largest absolute Gasteiger partial charge is 0.272 e. The van der Waals surface area contributed by atoms with Crippen LogP contribution in [0.1, 0.15) is 52.4 Å². The number of nitrogens with zero attached hydrogens (tertiary/aromatic N) is 2. The van der Waals surface area contributed by atoms with Crippen LogP contribution in [0.4, 0.5) is 0 Å². The zero-order valence-corrected chi connectivity index (χ0v) is 9.66. The molecule has 1 aliphatic heterocycles. The summed E-state index contributed by atoms with van der Waals surface area (Å²) in [5.41, 5.74) is -0.250. The molecular formula is C11H20N2O2. The molecule has 0 N–H and O–H groups in total. The Bertz CT molecular complexity index is 233. The van der Waals surface area contributed by atoms with Crippen LogP contribution in [0.15, 0.2) is 5.29 Å². The first-order valence-corrected chi connectivity index (χ1v) is 5.85. The number of hydrogen-bond donors (Lipinski definition) is 0. The van der Waals surface area contributed by atoms with Crippen molar-refractivity contribution in [1.82, 2.24) is 5.01 Å². The summed E-state index contributed by atoms with van der Waals surface area (Å²) in [7, 11) is 0. The minimum absolute atomic E-state index is 0.0561. The van der Waals surface area contributed by atoms with E-state index in [1.165, 1.54) is 0 Å².